The van der Waals surface area contributed by atoms with Gasteiger partial charge in [0.1, 0.15) is 80.0 Å². The van der Waals surface area contributed by atoms with E-state index in [9.17, 15) is 4.39 Å². The fourth-order valence-corrected chi connectivity index (χ4v) is 15.5. The first-order chi connectivity index (χ1) is 65.1. The molecule has 18 nitrogen and oxygen atoms in total. The van der Waals surface area contributed by atoms with Crippen LogP contribution >= 0.6 is 123 Å². The van der Waals surface area contributed by atoms with Gasteiger partial charge in [0.05, 0.1) is 48.3 Å². The number of rotatable bonds is 24. The van der Waals surface area contributed by atoms with Crippen LogP contribution in [0.5, 0.6) is 34.5 Å². The van der Waals surface area contributed by atoms with Gasteiger partial charge in [-0.15, -0.1) is 0 Å². The number of hydrogen-bond donors (Lipinski definition) is 6. The molecule has 0 amide bonds. The maximum Gasteiger partial charge on any atom is 0.260 e. The van der Waals surface area contributed by atoms with Crippen LogP contribution < -0.4 is 60.3 Å². The van der Waals surface area contributed by atoms with Crippen molar-refractivity contribution >= 4 is 189 Å². The molecule has 12 aromatic carbocycles. The fourth-order valence-electron chi connectivity index (χ4n) is 13.5. The van der Waals surface area contributed by atoms with E-state index in [4.69, 9.17) is 142 Å². The van der Waals surface area contributed by atoms with Crippen LogP contribution in [0, 0.1) is 141 Å². The molecule has 0 radical (unpaired) electrons. The first-order valence-corrected chi connectivity index (χ1v) is 48.4. The molecule has 6 N–H and O–H groups in total. The van der Waals surface area contributed by atoms with Crippen molar-refractivity contribution < 1.29 is 61.2 Å². The Balaban J connectivity index is 0.000000224. The van der Waals surface area contributed by atoms with Crippen molar-refractivity contribution in [2.24, 2.45) is 0 Å². The number of aryl methyl sites for hydroxylation is 19. The Labute approximate surface area is 868 Å². The molecule has 0 unspecified atom stereocenters. The molecular weight excluding hydrogens is 2040 g/mol. The quantitative estimate of drug-likeness (QED) is 0.0248. The third kappa shape index (κ3) is 35.1. The van der Waals surface area contributed by atoms with Gasteiger partial charge in [0.2, 0.25) is 0 Å². The van der Waals surface area contributed by atoms with Crippen molar-refractivity contribution in [3.8, 4) is 34.5 Å². The van der Waals surface area contributed by atoms with Gasteiger partial charge in [-0.05, 0) is 430 Å². The van der Waals surface area contributed by atoms with Gasteiger partial charge in [-0.1, -0.05) is 119 Å². The van der Waals surface area contributed by atoms with Gasteiger partial charge in [-0.2, -0.15) is 0 Å². The van der Waals surface area contributed by atoms with Crippen LogP contribution in [0.1, 0.15) is 139 Å². The van der Waals surface area contributed by atoms with Gasteiger partial charge in [0, 0.05) is 74.9 Å². The van der Waals surface area contributed by atoms with Gasteiger partial charge < -0.3 is 88.7 Å². The predicted molar refractivity (Wildman–Crippen MR) is 598 cm³/mol. The normalized spacial score (nSPS) is 10.3. The number of ether oxygens (including phenoxy) is 12. The van der Waals surface area contributed by atoms with Crippen LogP contribution in [-0.2, 0) is 68.1 Å². The molecule has 0 aliphatic carbocycles. The zero-order valence-corrected chi connectivity index (χ0v) is 91.9. The molecule has 12 aromatic rings. The van der Waals surface area contributed by atoms with E-state index >= 15 is 0 Å². The highest BCUT2D eigenvalue weighted by Gasteiger charge is 2.20. The smallest absolute Gasteiger partial charge is 0.260 e. The lowest BCUT2D eigenvalue weighted by Gasteiger charge is -2.17. The van der Waals surface area contributed by atoms with E-state index in [2.05, 4.69) is 254 Å². The first-order valence-electron chi connectivity index (χ1n) is 43.7. The molecule has 12 rings (SSSR count). The number of benzene rings is 12. The molecule has 0 heterocycles. The number of methoxy groups -OCH3 is 6. The minimum absolute atomic E-state index is 0.102. The minimum atomic E-state index is -0.351. The fraction of sp³-hybridized carbons (Fsp3) is 0.284. The number of anilines is 6. The predicted octanol–water partition coefficient (Wildman–Crippen LogP) is 29.7. The highest BCUT2D eigenvalue weighted by atomic mass is 127. The van der Waals surface area contributed by atoms with Gasteiger partial charge in [-0.25, -0.2) is 4.39 Å². The molecule has 0 fully saturated rings. The molecule has 0 atom stereocenters. The maximum atomic E-state index is 14.1. The lowest BCUT2D eigenvalue weighted by Crippen LogP contribution is -2.14. The van der Waals surface area contributed by atoms with Crippen molar-refractivity contribution in [1.29, 1.82) is 0 Å². The van der Waals surface area contributed by atoms with Crippen molar-refractivity contribution in [2.75, 3.05) is 74.6 Å². The number of halogens is 4. The van der Waals surface area contributed by atoms with Crippen molar-refractivity contribution in [3.05, 3.63) is 346 Å². The van der Waals surface area contributed by atoms with E-state index in [1.165, 1.54) is 81.5 Å². The molecule has 28 heteroatoms. The average Bonchev–Trinajstić information content (AvgIpc) is 0.837. The molecule has 0 bridgehead atoms. The molecule has 0 spiro atoms. The van der Waals surface area contributed by atoms with E-state index in [1.807, 2.05) is 118 Å². The van der Waals surface area contributed by atoms with Crippen LogP contribution in [0.25, 0.3) is 0 Å². The molecule has 0 saturated carbocycles. The Morgan fingerprint density at radius 3 is 0.861 bits per heavy atom. The van der Waals surface area contributed by atoms with Crippen LogP contribution in [-0.4, -0.2) is 73.7 Å². The van der Waals surface area contributed by atoms with Crippen LogP contribution in [0.4, 0.5) is 38.5 Å². The van der Waals surface area contributed by atoms with Crippen LogP contribution in [0.2, 0.25) is 5.02 Å². The number of thiocarbonyl (C=S) groups is 6. The number of nitrogens with one attached hydrogen (secondary N) is 6. The second kappa shape index (κ2) is 56.2. The maximum absolute atomic E-state index is 14.1. The Bertz CT molecular complexity index is 5540. The monoisotopic (exact) mass is 2160 g/mol. The van der Waals surface area contributed by atoms with Gasteiger partial charge in [-0.3, -0.25) is 0 Å². The van der Waals surface area contributed by atoms with E-state index in [-0.39, 0.29) is 22.8 Å². The highest BCUT2D eigenvalue weighted by Crippen LogP contribution is 2.36. The van der Waals surface area contributed by atoms with E-state index in [0.29, 0.717) is 70.0 Å². The molecule has 0 aromatic heterocycles. The second-order valence-corrected chi connectivity index (χ2v) is 37.1. The van der Waals surface area contributed by atoms with Crippen molar-refractivity contribution in [2.45, 2.75) is 171 Å². The number of hydrogen-bond acceptors (Lipinski definition) is 18. The third-order valence-corrected chi connectivity index (χ3v) is 26.1. The topological polar surface area (TPSA) is 183 Å². The van der Waals surface area contributed by atoms with E-state index in [0.717, 1.165) is 143 Å². The summed E-state index contributed by atoms with van der Waals surface area (Å²) in [6.07, 6.45) is 0. The summed E-state index contributed by atoms with van der Waals surface area (Å²) in [5.41, 5.74) is 32.9. The molecule has 0 aliphatic rings. The lowest BCUT2D eigenvalue weighted by molar-refractivity contribution is 0.298. The summed E-state index contributed by atoms with van der Waals surface area (Å²) in [6, 6.07) is 61.3. The summed E-state index contributed by atoms with van der Waals surface area (Å²) < 4.78 is 82.2. The van der Waals surface area contributed by atoms with Gasteiger partial charge in [0.15, 0.2) is 0 Å². The largest absolute Gasteiger partial charge is 0.489 e. The summed E-state index contributed by atoms with van der Waals surface area (Å²) in [7, 11) is 9.18. The molecule has 726 valence electrons. The van der Waals surface area contributed by atoms with Crippen LogP contribution in [0.15, 0.2) is 193 Å². The summed E-state index contributed by atoms with van der Waals surface area (Å²) in [4.78, 5) is 0. The Morgan fingerprint density at radius 2 is 0.504 bits per heavy atom. The van der Waals surface area contributed by atoms with Crippen molar-refractivity contribution in [3.63, 3.8) is 0 Å². The minimum Gasteiger partial charge on any atom is -0.489 e. The summed E-state index contributed by atoms with van der Waals surface area (Å²) in [6.45, 7) is 41.7. The molecular formula is C109H124BrClFIN6O12S6. The second-order valence-electron chi connectivity index (χ2n) is 32.5. The van der Waals surface area contributed by atoms with E-state index < -0.39 is 0 Å². The van der Waals surface area contributed by atoms with Crippen LogP contribution in [0.3, 0.4) is 0 Å². The SMILES string of the molecule is COC(=S)Nc1cccc(Br)c1COc1cc(C)c(C)cc1C.COC(=S)Nc1cccc(C)c1COc1cc(C)c(C)cc1C.COC(=S)Nc1cccc(Cl)c1COc1cc(C)c(C)cc1C.COC(=S)Nc1cccc(F)c1COc1cc(C)c(C)cc1C.COC(=S)Nc1cccc(I)c1COc1cc(C)c(C)cc1C.COC(=S)Nc1ccccc1COc1cc(C)c(C)cc1C. The zero-order chi connectivity index (χ0) is 101. The summed E-state index contributed by atoms with van der Waals surface area (Å²) in [5, 5.41) is 20.7. The molecule has 137 heavy (non-hydrogen) atoms. The third-order valence-electron chi connectivity index (χ3n) is 22.4. The zero-order valence-electron chi connectivity index (χ0n) is 82.5. The average molecular weight is 2160 g/mol. The van der Waals surface area contributed by atoms with Gasteiger partial charge in [0.25, 0.3) is 31.0 Å². The summed E-state index contributed by atoms with van der Waals surface area (Å²) >= 11 is 42.5. The Hall–Kier alpha value is -11.0. The molecule has 0 aliphatic heterocycles. The molecule has 0 saturated heterocycles. The Morgan fingerprint density at radius 1 is 0.263 bits per heavy atom. The Kier molecular flexibility index (Phi) is 46.3. The lowest BCUT2D eigenvalue weighted by atomic mass is 10.1. The highest BCUT2D eigenvalue weighted by molar-refractivity contribution is 14.1. The standard InChI is InChI=1S/C19H23NO2S.C18H20BrNO2S.C18H20ClNO2S.C18H20FNO2S.C18H20INO2S.C18H21NO2S/c1-12-7-6-8-17(20-19(23)21-5)16(12)11-22-18-10-14(3)13(2)9-15(18)4;4*1-11-8-13(3)17(9-12(11)2)22-10-14-15(19)6-5-7-16(14)20-18(23)21-4;1-12-9-14(3)17(10-13(12)2)21-11-15-7-5-6-8-16(15)19-18(22)20-4/h6-10H,11H2,1-5H3,(H,20,23);4*5-9H,10H2,1-4H3,(H,20,23);5-10H,11H2,1-4H3,(H,19,22). The number of para-hydroxylation sites is 1. The van der Waals surface area contributed by atoms with Gasteiger partial charge >= 0.3 is 0 Å². The van der Waals surface area contributed by atoms with E-state index in [1.54, 1.807) is 40.6 Å². The summed E-state index contributed by atoms with van der Waals surface area (Å²) in [5.74, 6) is 4.88. The first kappa shape index (κ1) is 113. The van der Waals surface area contributed by atoms with Crippen molar-refractivity contribution in [1.82, 2.24) is 0 Å².